The van der Waals surface area contributed by atoms with Crippen molar-refractivity contribution in [1.82, 2.24) is 0 Å². The molecule has 0 fully saturated rings. The van der Waals surface area contributed by atoms with Crippen molar-refractivity contribution >= 4 is 16.2 Å². The van der Waals surface area contributed by atoms with Gasteiger partial charge in [-0.25, -0.2) is 8.42 Å². The summed E-state index contributed by atoms with van der Waals surface area (Å²) < 4.78 is 31.4. The third-order valence-corrected chi connectivity index (χ3v) is 2.25. The van der Waals surface area contributed by atoms with E-state index < -0.39 is 10.1 Å². The van der Waals surface area contributed by atoms with Crippen LogP contribution in [0.2, 0.25) is 0 Å². The van der Waals surface area contributed by atoms with Gasteiger partial charge in [-0.1, -0.05) is 24.8 Å². The summed E-state index contributed by atoms with van der Waals surface area (Å²) in [5, 5.41) is 0. The van der Waals surface area contributed by atoms with Crippen LogP contribution in [0.1, 0.15) is 6.99 Å². The summed E-state index contributed by atoms with van der Waals surface area (Å²) in [6.45, 7) is 3.50. The first-order valence-corrected chi connectivity index (χ1v) is 4.63. The van der Waals surface area contributed by atoms with Crippen molar-refractivity contribution in [2.45, 2.75) is 4.90 Å². The van der Waals surface area contributed by atoms with E-state index in [2.05, 4.69) is 6.58 Å². The Labute approximate surface area is 129 Å². The minimum absolute atomic E-state index is 0. The third kappa shape index (κ3) is 5.09. The molecule has 0 saturated carbocycles. The van der Waals surface area contributed by atoms with Crippen molar-refractivity contribution < 1.29 is 73.5 Å². The fourth-order valence-electron chi connectivity index (χ4n) is 0.771. The van der Waals surface area contributed by atoms with E-state index in [9.17, 15) is 13.0 Å². The summed E-state index contributed by atoms with van der Waals surface area (Å²) in [7, 11) is -4.31. The Hall–Kier alpha value is 0.870. The van der Waals surface area contributed by atoms with Crippen LogP contribution in [0.4, 0.5) is 0 Å². The fourth-order valence-corrected chi connectivity index (χ4v) is 1.24. The molecule has 6 heteroatoms. The molecule has 0 radical (unpaired) electrons. The van der Waals surface area contributed by atoms with Gasteiger partial charge in [-0.3, -0.25) is 0 Å². The molecular weight excluding hydrogens is 222 g/mol. The van der Waals surface area contributed by atoms with Crippen LogP contribution in [0, 0.1) is 0 Å². The molecule has 0 bridgehead atoms. The molecule has 0 aliphatic carbocycles. The first kappa shape index (κ1) is 17.3. The molecule has 0 amide bonds. The first-order chi connectivity index (χ1) is 5.54. The maximum atomic E-state index is 10.5. The van der Waals surface area contributed by atoms with Crippen LogP contribution in [0.3, 0.4) is 0 Å². The third-order valence-electron chi connectivity index (χ3n) is 1.40. The van der Waals surface area contributed by atoms with Crippen LogP contribution in [0.25, 0.3) is 6.08 Å². The molecule has 1 rings (SSSR count). The van der Waals surface area contributed by atoms with E-state index in [0.29, 0.717) is 0 Å². The van der Waals surface area contributed by atoms with Crippen LogP contribution in [0.15, 0.2) is 35.7 Å². The zero-order valence-electron chi connectivity index (χ0n) is 9.23. The minimum atomic E-state index is -4.31. The summed E-state index contributed by atoms with van der Waals surface area (Å²) in [6, 6.07) is 5.58. The summed E-state index contributed by atoms with van der Waals surface area (Å²) in [5.41, 5.74) is 0.780. The topological polar surface area (TPSA) is 57.2 Å². The molecular formula is C8H8Na2O3S. The van der Waals surface area contributed by atoms with Crippen molar-refractivity contribution in [3.05, 3.63) is 36.4 Å². The van der Waals surface area contributed by atoms with Crippen LogP contribution < -0.4 is 59.1 Å². The molecule has 14 heavy (non-hydrogen) atoms. The van der Waals surface area contributed by atoms with Crippen LogP contribution in [-0.2, 0) is 10.1 Å². The summed E-state index contributed by atoms with van der Waals surface area (Å²) >= 11 is 0. The van der Waals surface area contributed by atoms with E-state index in [1.807, 2.05) is 0 Å². The number of hydrogen-bond donors (Lipinski definition) is 0. The molecule has 0 atom stereocenters. The smallest absolute Gasteiger partial charge is 1.00 e. The Morgan fingerprint density at radius 3 is 1.93 bits per heavy atom. The summed E-state index contributed by atoms with van der Waals surface area (Å²) in [4.78, 5) is -0.215. The fraction of sp³-hybridized carbons (Fsp3) is 0. The second-order valence-corrected chi connectivity index (χ2v) is 3.61. The molecule has 0 N–H and O–H groups in total. The van der Waals surface area contributed by atoms with Crippen molar-refractivity contribution in [2.24, 2.45) is 0 Å². The average Bonchev–Trinajstić information content (AvgIpc) is 2.03. The van der Waals surface area contributed by atoms with Crippen LogP contribution in [0.5, 0.6) is 0 Å². The minimum Gasteiger partial charge on any atom is -1.00 e. The van der Waals surface area contributed by atoms with E-state index in [1.54, 1.807) is 6.08 Å². The Balaban J connectivity index is -0.000000480. The molecule has 0 saturated heterocycles. The molecule has 0 aliphatic rings. The van der Waals surface area contributed by atoms with Crippen LogP contribution >= 0.6 is 0 Å². The van der Waals surface area contributed by atoms with Crippen molar-refractivity contribution in [1.29, 1.82) is 0 Å². The molecule has 0 heterocycles. The van der Waals surface area contributed by atoms with Gasteiger partial charge >= 0.3 is 59.1 Å². The van der Waals surface area contributed by atoms with E-state index in [4.69, 9.17) is 0 Å². The van der Waals surface area contributed by atoms with Gasteiger partial charge in [0.1, 0.15) is 10.1 Å². The van der Waals surface area contributed by atoms with E-state index in [1.165, 1.54) is 24.3 Å². The van der Waals surface area contributed by atoms with Crippen LogP contribution in [-0.4, -0.2) is 13.0 Å². The second kappa shape index (κ2) is 7.19. The van der Waals surface area contributed by atoms with Gasteiger partial charge in [0.25, 0.3) is 0 Å². The SMILES string of the molecule is C=Cc1ccc(S(=O)(=O)[O-])cc1.[H-].[Na+].[Na+]. The summed E-state index contributed by atoms with van der Waals surface area (Å²) in [5.74, 6) is 0. The Morgan fingerprint density at radius 1 is 1.21 bits per heavy atom. The van der Waals surface area contributed by atoms with Crippen molar-refractivity contribution in [2.75, 3.05) is 0 Å². The molecule has 66 valence electrons. The van der Waals surface area contributed by atoms with Gasteiger partial charge in [0.05, 0.1) is 4.90 Å². The molecule has 0 aromatic heterocycles. The first-order valence-electron chi connectivity index (χ1n) is 3.22. The van der Waals surface area contributed by atoms with Gasteiger partial charge in [-0.2, -0.15) is 0 Å². The predicted molar refractivity (Wildman–Crippen MR) is 45.6 cm³/mol. The maximum absolute atomic E-state index is 10.5. The normalized spacial score (nSPS) is 9.50. The van der Waals surface area contributed by atoms with Gasteiger partial charge < -0.3 is 5.98 Å². The van der Waals surface area contributed by atoms with E-state index >= 15 is 0 Å². The van der Waals surface area contributed by atoms with E-state index in [-0.39, 0.29) is 65.4 Å². The van der Waals surface area contributed by atoms with Gasteiger partial charge in [0.15, 0.2) is 0 Å². The zero-order chi connectivity index (χ0) is 9.19. The Morgan fingerprint density at radius 2 is 1.64 bits per heavy atom. The quantitative estimate of drug-likeness (QED) is 0.379. The zero-order valence-corrected chi connectivity index (χ0v) is 13.0. The van der Waals surface area contributed by atoms with Crippen molar-refractivity contribution in [3.63, 3.8) is 0 Å². The maximum Gasteiger partial charge on any atom is 1.00 e. The molecule has 0 aliphatic heterocycles. The summed E-state index contributed by atoms with van der Waals surface area (Å²) in [6.07, 6.45) is 1.57. The largest absolute Gasteiger partial charge is 1.00 e. The van der Waals surface area contributed by atoms with E-state index in [0.717, 1.165) is 5.56 Å². The van der Waals surface area contributed by atoms with Gasteiger partial charge in [0.2, 0.25) is 0 Å². The van der Waals surface area contributed by atoms with Gasteiger partial charge in [-0.15, -0.1) is 0 Å². The standard InChI is InChI=1S/C8H8O3S.2Na.H/c1-2-7-3-5-8(6-4-7)12(9,10)11;;;/h2-6H,1H2,(H,9,10,11);;;/q;2*+1;-1/p-1. The second-order valence-electron chi connectivity index (χ2n) is 2.23. The molecule has 3 nitrogen and oxygen atoms in total. The Bertz CT molecular complexity index is 389. The molecule has 1 aromatic rings. The molecule has 0 unspecified atom stereocenters. The Kier molecular flexibility index (Phi) is 8.87. The van der Waals surface area contributed by atoms with Gasteiger partial charge in [-0.05, 0) is 17.7 Å². The average molecular weight is 230 g/mol. The van der Waals surface area contributed by atoms with Gasteiger partial charge in [0, 0.05) is 0 Å². The number of hydrogen-bond acceptors (Lipinski definition) is 3. The number of benzene rings is 1. The predicted octanol–water partition coefficient (Wildman–Crippen LogP) is -4.65. The monoisotopic (exact) mass is 230 g/mol. The molecule has 0 spiro atoms. The molecule has 1 aromatic carbocycles. The number of rotatable bonds is 2. The van der Waals surface area contributed by atoms with Crippen molar-refractivity contribution in [3.8, 4) is 0 Å².